The Kier molecular flexibility index (Phi) is 5.15. The predicted molar refractivity (Wildman–Crippen MR) is 82.6 cm³/mol. The van der Waals surface area contributed by atoms with Crippen LogP contribution in [0.4, 0.5) is 10.1 Å². The Morgan fingerprint density at radius 3 is 2.95 bits per heavy atom. The van der Waals surface area contributed by atoms with Crippen LogP contribution in [0.5, 0.6) is 5.75 Å². The Balaban J connectivity index is 2.26. The highest BCUT2D eigenvalue weighted by atomic mass is 79.9. The second kappa shape index (κ2) is 6.89. The number of aliphatic hydroxyl groups excluding tert-OH is 1. The van der Waals surface area contributed by atoms with Gasteiger partial charge < -0.3 is 15.2 Å². The second-order valence-electron chi connectivity index (χ2n) is 4.59. The number of halogens is 2. The minimum atomic E-state index is -0.550. The normalized spacial score (nSPS) is 10.6. The van der Waals surface area contributed by atoms with E-state index in [-0.39, 0.29) is 30.3 Å². The van der Waals surface area contributed by atoms with E-state index in [0.29, 0.717) is 4.47 Å². The molecule has 1 heterocycles. The summed E-state index contributed by atoms with van der Waals surface area (Å²) in [5.74, 6) is -0.873. The number of hydrogen-bond acceptors (Lipinski definition) is 4. The predicted octanol–water partition coefficient (Wildman–Crippen LogP) is 2.25. The van der Waals surface area contributed by atoms with E-state index < -0.39 is 11.7 Å². The molecule has 22 heavy (non-hydrogen) atoms. The zero-order valence-corrected chi connectivity index (χ0v) is 13.6. The van der Waals surface area contributed by atoms with Gasteiger partial charge in [-0.1, -0.05) is 15.9 Å². The molecule has 0 bridgehead atoms. The number of carbonyl (C=O) groups excluding carboxylic acids is 1. The quantitative estimate of drug-likeness (QED) is 0.844. The highest BCUT2D eigenvalue weighted by Gasteiger charge is 2.20. The number of aromatic nitrogens is 2. The highest BCUT2D eigenvalue weighted by Crippen LogP contribution is 2.25. The molecule has 0 saturated carbocycles. The molecule has 118 valence electrons. The van der Waals surface area contributed by atoms with Gasteiger partial charge >= 0.3 is 0 Å². The third-order valence-corrected chi connectivity index (χ3v) is 3.82. The van der Waals surface area contributed by atoms with E-state index in [2.05, 4.69) is 26.3 Å². The number of aliphatic hydroxyl groups is 1. The van der Waals surface area contributed by atoms with Crippen molar-refractivity contribution in [2.24, 2.45) is 7.05 Å². The van der Waals surface area contributed by atoms with Gasteiger partial charge in [0.2, 0.25) is 0 Å². The Morgan fingerprint density at radius 2 is 2.27 bits per heavy atom. The lowest BCUT2D eigenvalue weighted by Gasteiger charge is -2.10. The molecule has 1 aromatic carbocycles. The molecule has 2 aromatic rings. The first-order chi connectivity index (χ1) is 10.4. The molecule has 0 spiro atoms. The number of benzene rings is 1. The summed E-state index contributed by atoms with van der Waals surface area (Å²) in [7, 11) is 1.57. The van der Waals surface area contributed by atoms with Gasteiger partial charge in [0.1, 0.15) is 12.4 Å². The van der Waals surface area contributed by atoms with Crippen molar-refractivity contribution in [3.8, 4) is 5.75 Å². The van der Waals surface area contributed by atoms with Crippen LogP contribution in [-0.4, -0.2) is 34.0 Å². The van der Waals surface area contributed by atoms with Crippen LogP contribution in [-0.2, 0) is 7.05 Å². The Labute approximate surface area is 135 Å². The smallest absolute Gasteiger partial charge is 0.277 e. The zero-order valence-electron chi connectivity index (χ0n) is 12.1. The van der Waals surface area contributed by atoms with E-state index in [9.17, 15) is 9.18 Å². The van der Waals surface area contributed by atoms with Crippen molar-refractivity contribution in [1.82, 2.24) is 9.78 Å². The highest BCUT2D eigenvalue weighted by molar-refractivity contribution is 9.10. The van der Waals surface area contributed by atoms with Gasteiger partial charge in [-0.05, 0) is 24.6 Å². The van der Waals surface area contributed by atoms with Crippen LogP contribution in [0.1, 0.15) is 16.1 Å². The van der Waals surface area contributed by atoms with Gasteiger partial charge in [0, 0.05) is 11.5 Å². The molecule has 0 fully saturated rings. The van der Waals surface area contributed by atoms with Crippen LogP contribution in [0, 0.1) is 12.7 Å². The van der Waals surface area contributed by atoms with E-state index in [1.54, 1.807) is 14.0 Å². The number of carbonyl (C=O) groups is 1. The van der Waals surface area contributed by atoms with Crippen LogP contribution >= 0.6 is 15.9 Å². The van der Waals surface area contributed by atoms with E-state index in [4.69, 9.17) is 9.84 Å². The first kappa shape index (κ1) is 16.4. The molecule has 0 unspecified atom stereocenters. The minimum absolute atomic E-state index is 0.0394. The number of nitrogens with one attached hydrogen (secondary N) is 1. The summed E-state index contributed by atoms with van der Waals surface area (Å²) in [4.78, 5) is 12.3. The van der Waals surface area contributed by atoms with Crippen LogP contribution in [0.2, 0.25) is 0 Å². The fourth-order valence-corrected chi connectivity index (χ4v) is 2.19. The molecule has 0 aliphatic heterocycles. The molecule has 8 heteroatoms. The van der Waals surface area contributed by atoms with Crippen molar-refractivity contribution >= 4 is 27.5 Å². The minimum Gasteiger partial charge on any atom is -0.487 e. The van der Waals surface area contributed by atoms with Crippen LogP contribution < -0.4 is 10.1 Å². The summed E-state index contributed by atoms with van der Waals surface area (Å²) in [6, 6.07) is 2.82. The second-order valence-corrected chi connectivity index (χ2v) is 5.44. The topological polar surface area (TPSA) is 76.4 Å². The number of aryl methyl sites for hydroxylation is 2. The van der Waals surface area contributed by atoms with E-state index in [1.165, 1.54) is 23.0 Å². The lowest BCUT2D eigenvalue weighted by molar-refractivity contribution is 0.101. The fourth-order valence-electron chi connectivity index (χ4n) is 1.87. The van der Waals surface area contributed by atoms with Crippen molar-refractivity contribution in [1.29, 1.82) is 0 Å². The van der Waals surface area contributed by atoms with Crippen molar-refractivity contribution in [3.63, 3.8) is 0 Å². The largest absolute Gasteiger partial charge is 0.487 e. The number of rotatable bonds is 5. The molecule has 0 radical (unpaired) electrons. The van der Waals surface area contributed by atoms with Crippen LogP contribution in [0.25, 0.3) is 0 Å². The molecule has 1 amide bonds. The molecule has 0 saturated heterocycles. The molecular weight excluding hydrogens is 357 g/mol. The average Bonchev–Trinajstić information content (AvgIpc) is 2.83. The Morgan fingerprint density at radius 1 is 1.55 bits per heavy atom. The third kappa shape index (κ3) is 3.45. The maximum atomic E-state index is 13.9. The Hall–Kier alpha value is -1.93. The van der Waals surface area contributed by atoms with Crippen LogP contribution in [0.3, 0.4) is 0 Å². The van der Waals surface area contributed by atoms with Gasteiger partial charge in [0.25, 0.3) is 5.91 Å². The van der Waals surface area contributed by atoms with E-state index in [1.807, 2.05) is 0 Å². The summed E-state index contributed by atoms with van der Waals surface area (Å²) in [6.45, 7) is 1.65. The summed E-state index contributed by atoms with van der Waals surface area (Å²) in [5.41, 5.74) is 1.01. The summed E-state index contributed by atoms with van der Waals surface area (Å²) < 4.78 is 21.1. The summed E-state index contributed by atoms with van der Waals surface area (Å²) in [5, 5.41) is 15.2. The first-order valence-electron chi connectivity index (χ1n) is 6.46. The zero-order chi connectivity index (χ0) is 16.3. The number of anilines is 1. The standard InChI is InChI=1S/C14H15BrFN3O3/c1-8-5-11(10(16)6-9(8)15)18-14(21)13-12(22-4-3-20)7-17-19(13)2/h5-7,20H,3-4H2,1-2H3,(H,18,21). The van der Waals surface area contributed by atoms with Crippen molar-refractivity contribution in [3.05, 3.63) is 39.9 Å². The van der Waals surface area contributed by atoms with Gasteiger partial charge in [-0.15, -0.1) is 0 Å². The summed E-state index contributed by atoms with van der Waals surface area (Å²) >= 11 is 3.23. The maximum Gasteiger partial charge on any atom is 0.277 e. The monoisotopic (exact) mass is 371 g/mol. The lowest BCUT2D eigenvalue weighted by atomic mass is 10.2. The van der Waals surface area contributed by atoms with E-state index in [0.717, 1.165) is 5.56 Å². The molecule has 0 aliphatic rings. The van der Waals surface area contributed by atoms with Crippen LogP contribution in [0.15, 0.2) is 22.8 Å². The molecule has 0 aliphatic carbocycles. The molecule has 6 nitrogen and oxygen atoms in total. The molecular formula is C14H15BrFN3O3. The van der Waals surface area contributed by atoms with Crippen molar-refractivity contribution in [2.45, 2.75) is 6.92 Å². The molecule has 1 aromatic heterocycles. The average molecular weight is 372 g/mol. The van der Waals surface area contributed by atoms with Gasteiger partial charge in [-0.25, -0.2) is 4.39 Å². The van der Waals surface area contributed by atoms with Gasteiger partial charge in [-0.3, -0.25) is 9.48 Å². The van der Waals surface area contributed by atoms with Gasteiger partial charge in [0.05, 0.1) is 18.5 Å². The maximum absolute atomic E-state index is 13.9. The number of ether oxygens (including phenoxy) is 1. The number of hydrogen-bond donors (Lipinski definition) is 2. The molecule has 2 N–H and O–H groups in total. The molecule has 0 atom stereocenters. The lowest BCUT2D eigenvalue weighted by Crippen LogP contribution is -2.18. The number of amides is 1. The first-order valence-corrected chi connectivity index (χ1v) is 7.26. The third-order valence-electron chi connectivity index (χ3n) is 2.97. The Bertz CT molecular complexity index is 703. The van der Waals surface area contributed by atoms with E-state index >= 15 is 0 Å². The van der Waals surface area contributed by atoms with Crippen molar-refractivity contribution in [2.75, 3.05) is 18.5 Å². The number of nitrogens with zero attached hydrogens (tertiary/aromatic N) is 2. The summed E-state index contributed by atoms with van der Waals surface area (Å²) in [6.07, 6.45) is 1.37. The fraction of sp³-hybridized carbons (Fsp3) is 0.286. The van der Waals surface area contributed by atoms with Gasteiger partial charge in [-0.2, -0.15) is 5.10 Å². The van der Waals surface area contributed by atoms with Crippen molar-refractivity contribution < 1.29 is 19.0 Å². The van der Waals surface area contributed by atoms with Gasteiger partial charge in [0.15, 0.2) is 11.4 Å². The SMILES string of the molecule is Cc1cc(NC(=O)c2c(OCCO)cnn2C)c(F)cc1Br. The molecule has 2 rings (SSSR count).